The van der Waals surface area contributed by atoms with E-state index in [1.807, 2.05) is 6.92 Å². The van der Waals surface area contributed by atoms with Crippen molar-refractivity contribution in [1.29, 1.82) is 0 Å². The minimum absolute atomic E-state index is 0.122. The second kappa shape index (κ2) is 7.39. The van der Waals surface area contributed by atoms with Crippen LogP contribution in [0, 0.1) is 0 Å². The third kappa shape index (κ3) is 5.50. The molecule has 1 rings (SSSR count). The standard InChI is InChI=1S/C16H20F3NO3/c1-5-10(4)14-12(8-20-16(17,18)19)6-11(15(21)22)7-13(14)23-9(2)3/h6-9,20H,5H2,1-4H3,(H,21,22)/b12-8-,14-10+. The maximum Gasteiger partial charge on any atom is 0.481 e. The van der Waals surface area contributed by atoms with Crippen LogP contribution in [0.15, 0.2) is 12.1 Å². The molecule has 0 aromatic heterocycles. The third-order valence-corrected chi connectivity index (χ3v) is 3.09. The number of carboxylic acids is 1. The van der Waals surface area contributed by atoms with Gasteiger partial charge in [0.15, 0.2) is 0 Å². The first-order chi connectivity index (χ1) is 10.5. The summed E-state index contributed by atoms with van der Waals surface area (Å²) < 4.78 is 42.9. The van der Waals surface area contributed by atoms with Gasteiger partial charge in [0.1, 0.15) is 5.75 Å². The predicted molar refractivity (Wildman–Crippen MR) is 81.4 cm³/mol. The molecule has 4 nitrogen and oxygen atoms in total. The Morgan fingerprint density at radius 3 is 2.43 bits per heavy atom. The molecule has 7 heteroatoms. The topological polar surface area (TPSA) is 58.6 Å². The van der Waals surface area contributed by atoms with Gasteiger partial charge in [-0.2, -0.15) is 13.2 Å². The highest BCUT2D eigenvalue weighted by molar-refractivity contribution is 5.88. The molecule has 0 aliphatic carbocycles. The molecule has 0 radical (unpaired) electrons. The Morgan fingerprint density at radius 1 is 1.39 bits per heavy atom. The lowest BCUT2D eigenvalue weighted by Crippen LogP contribution is -2.36. The number of nitrogens with one attached hydrogen (secondary N) is 1. The molecule has 0 amide bonds. The fourth-order valence-corrected chi connectivity index (χ4v) is 2.01. The molecule has 0 aliphatic heterocycles. The van der Waals surface area contributed by atoms with Crippen molar-refractivity contribution in [3.05, 3.63) is 28.1 Å². The Kier molecular flexibility index (Phi) is 6.06. The summed E-state index contributed by atoms with van der Waals surface area (Å²) >= 11 is 0. The summed E-state index contributed by atoms with van der Waals surface area (Å²) in [6.45, 7) is 7.15. The molecule has 0 unspecified atom stereocenters. The van der Waals surface area contributed by atoms with Crippen molar-refractivity contribution in [2.75, 3.05) is 0 Å². The molecule has 0 bridgehead atoms. The number of carboxylic acid groups (broad SMARTS) is 1. The van der Waals surface area contributed by atoms with Gasteiger partial charge in [-0.15, -0.1) is 0 Å². The van der Waals surface area contributed by atoms with Crippen molar-refractivity contribution in [3.63, 3.8) is 0 Å². The van der Waals surface area contributed by atoms with E-state index in [1.54, 1.807) is 20.8 Å². The van der Waals surface area contributed by atoms with Crippen LogP contribution in [0.2, 0.25) is 0 Å². The zero-order valence-corrected chi connectivity index (χ0v) is 13.4. The molecular weight excluding hydrogens is 311 g/mol. The van der Waals surface area contributed by atoms with Gasteiger partial charge in [-0.25, -0.2) is 4.79 Å². The maximum atomic E-state index is 12.4. The Hall–Kier alpha value is -2.18. The van der Waals surface area contributed by atoms with E-state index >= 15 is 0 Å². The summed E-state index contributed by atoms with van der Waals surface area (Å²) in [6, 6.07) is 2.53. The maximum absolute atomic E-state index is 12.4. The van der Waals surface area contributed by atoms with Crippen LogP contribution in [0.3, 0.4) is 0 Å². The summed E-state index contributed by atoms with van der Waals surface area (Å²) in [5.74, 6) is -0.976. The Labute approximate surface area is 132 Å². The van der Waals surface area contributed by atoms with E-state index in [2.05, 4.69) is 0 Å². The van der Waals surface area contributed by atoms with Gasteiger partial charge in [0.05, 0.1) is 11.7 Å². The van der Waals surface area contributed by atoms with Gasteiger partial charge in [-0.3, -0.25) is 0 Å². The van der Waals surface area contributed by atoms with E-state index in [0.29, 0.717) is 11.6 Å². The van der Waals surface area contributed by atoms with Crippen LogP contribution in [0.4, 0.5) is 13.2 Å². The molecule has 1 aromatic rings. The number of alkyl halides is 3. The highest BCUT2D eigenvalue weighted by Gasteiger charge is 2.24. The molecule has 1 aromatic carbocycles. The van der Waals surface area contributed by atoms with Crippen LogP contribution in [-0.4, -0.2) is 23.5 Å². The minimum atomic E-state index is -4.60. The normalized spacial score (nSPS) is 14.0. The number of ether oxygens (including phenoxy) is 1. The van der Waals surface area contributed by atoms with E-state index in [9.17, 15) is 18.0 Å². The molecule has 2 N–H and O–H groups in total. The van der Waals surface area contributed by atoms with Crippen LogP contribution in [0.1, 0.15) is 44.5 Å². The molecule has 0 spiro atoms. The first-order valence-corrected chi connectivity index (χ1v) is 7.13. The molecule has 0 atom stereocenters. The number of hydrogen-bond acceptors (Lipinski definition) is 3. The summed E-state index contributed by atoms with van der Waals surface area (Å²) in [4.78, 5) is 11.2. The number of carbonyl (C=O) groups is 1. The van der Waals surface area contributed by atoms with E-state index in [-0.39, 0.29) is 22.6 Å². The molecule has 0 saturated carbocycles. The van der Waals surface area contributed by atoms with Gasteiger partial charge < -0.3 is 15.2 Å². The molecular formula is C16H20F3NO3. The fraction of sp³-hybridized carbons (Fsp3) is 0.438. The lowest BCUT2D eigenvalue weighted by Gasteiger charge is -2.14. The van der Waals surface area contributed by atoms with Crippen molar-refractivity contribution in [1.82, 2.24) is 5.32 Å². The average Bonchev–Trinajstić information content (AvgIpc) is 2.42. The molecule has 128 valence electrons. The summed E-state index contributed by atoms with van der Waals surface area (Å²) in [5.41, 5.74) is 0.663. The van der Waals surface area contributed by atoms with E-state index < -0.39 is 12.3 Å². The average molecular weight is 331 g/mol. The van der Waals surface area contributed by atoms with Crippen LogP contribution < -0.4 is 20.5 Å². The lowest BCUT2D eigenvalue weighted by atomic mass is 10.1. The second-order valence-corrected chi connectivity index (χ2v) is 5.33. The van der Waals surface area contributed by atoms with Crippen LogP contribution in [-0.2, 0) is 0 Å². The van der Waals surface area contributed by atoms with Gasteiger partial charge in [-0.1, -0.05) is 12.5 Å². The second-order valence-electron chi connectivity index (χ2n) is 5.33. The minimum Gasteiger partial charge on any atom is -0.490 e. The van der Waals surface area contributed by atoms with Gasteiger partial charge in [0.2, 0.25) is 0 Å². The van der Waals surface area contributed by atoms with Gasteiger partial charge >= 0.3 is 12.3 Å². The summed E-state index contributed by atoms with van der Waals surface area (Å²) in [5, 5.41) is 11.1. The molecule has 0 saturated heterocycles. The Morgan fingerprint density at radius 2 is 2.00 bits per heavy atom. The zero-order valence-electron chi connectivity index (χ0n) is 13.4. The van der Waals surface area contributed by atoms with Crippen molar-refractivity contribution in [3.8, 4) is 5.75 Å². The van der Waals surface area contributed by atoms with Crippen LogP contribution >= 0.6 is 0 Å². The number of halogens is 3. The van der Waals surface area contributed by atoms with Gasteiger partial charge in [0.25, 0.3) is 0 Å². The van der Waals surface area contributed by atoms with E-state index in [4.69, 9.17) is 9.84 Å². The van der Waals surface area contributed by atoms with Gasteiger partial charge in [-0.05, 0) is 39.3 Å². The first-order valence-electron chi connectivity index (χ1n) is 7.13. The van der Waals surface area contributed by atoms with Crippen molar-refractivity contribution in [2.24, 2.45) is 0 Å². The van der Waals surface area contributed by atoms with Crippen LogP contribution in [0.25, 0.3) is 11.8 Å². The van der Waals surface area contributed by atoms with Crippen molar-refractivity contribution >= 4 is 17.7 Å². The Bertz CT molecular complexity index is 694. The zero-order chi connectivity index (χ0) is 17.8. The van der Waals surface area contributed by atoms with E-state index in [1.165, 1.54) is 17.4 Å². The highest BCUT2D eigenvalue weighted by Crippen LogP contribution is 2.12. The number of hydrogen-bond donors (Lipinski definition) is 2. The van der Waals surface area contributed by atoms with E-state index in [0.717, 1.165) is 11.8 Å². The third-order valence-electron chi connectivity index (χ3n) is 3.09. The fourth-order valence-electron chi connectivity index (χ4n) is 2.01. The number of aromatic carboxylic acids is 1. The van der Waals surface area contributed by atoms with Crippen LogP contribution in [0.5, 0.6) is 5.75 Å². The van der Waals surface area contributed by atoms with Crippen molar-refractivity contribution in [2.45, 2.75) is 46.5 Å². The number of benzene rings is 1. The van der Waals surface area contributed by atoms with Crippen molar-refractivity contribution < 1.29 is 27.8 Å². The monoisotopic (exact) mass is 331 g/mol. The lowest BCUT2D eigenvalue weighted by molar-refractivity contribution is -0.143. The molecule has 0 fully saturated rings. The molecule has 23 heavy (non-hydrogen) atoms. The smallest absolute Gasteiger partial charge is 0.481 e. The first kappa shape index (κ1) is 18.9. The SMILES string of the molecule is CC/C(C)=c1/c(OC(C)C)cc(C(=O)O)c/c1=C/NC(F)(F)F. The quantitative estimate of drug-likeness (QED) is 0.815. The largest absolute Gasteiger partial charge is 0.490 e. The summed E-state index contributed by atoms with van der Waals surface area (Å²) in [6.07, 6.45) is -3.50. The van der Waals surface area contributed by atoms with Gasteiger partial charge in [0, 0.05) is 16.6 Å². The number of rotatable bonds is 5. The molecule has 0 aliphatic rings. The molecule has 0 heterocycles. The Balaban J connectivity index is 3.76. The predicted octanol–water partition coefficient (Wildman–Crippen LogP) is 2.60. The summed E-state index contributed by atoms with van der Waals surface area (Å²) in [7, 11) is 0. The highest BCUT2D eigenvalue weighted by atomic mass is 19.4.